The van der Waals surface area contributed by atoms with Gasteiger partial charge in [0, 0.05) is 5.56 Å². The van der Waals surface area contributed by atoms with Crippen molar-refractivity contribution in [3.63, 3.8) is 0 Å². The molecule has 5 nitrogen and oxygen atoms in total. The minimum absolute atomic E-state index is 0.239. The Labute approximate surface area is 163 Å². The molecule has 5 heteroatoms. The maximum atomic E-state index is 12.1. The number of rotatable bonds is 6. The standard InChI is InChI=1S/C23H19N3O2/c1-17-4-2-3-5-22(17)23(27)26-25-15-19-10-12-21(13-11-19)28-16-20-8-6-18(14-24)7-9-20/h2-13,15H,16H2,1H3,(H,26,27)/b25-15+. The summed E-state index contributed by atoms with van der Waals surface area (Å²) in [5.41, 5.74) is 6.50. The molecule has 3 rings (SSSR count). The summed E-state index contributed by atoms with van der Waals surface area (Å²) < 4.78 is 5.74. The van der Waals surface area contributed by atoms with E-state index in [0.717, 1.165) is 22.4 Å². The number of hydrogen-bond donors (Lipinski definition) is 1. The van der Waals surface area contributed by atoms with Gasteiger partial charge in [0.15, 0.2) is 0 Å². The Morgan fingerprint density at radius 1 is 1.07 bits per heavy atom. The fourth-order valence-electron chi connectivity index (χ4n) is 2.55. The second-order valence-corrected chi connectivity index (χ2v) is 6.18. The van der Waals surface area contributed by atoms with Crippen LogP contribution in [0.15, 0.2) is 77.9 Å². The summed E-state index contributed by atoms with van der Waals surface area (Å²) in [5.74, 6) is 0.488. The lowest BCUT2D eigenvalue weighted by Gasteiger charge is -2.06. The van der Waals surface area contributed by atoms with Crippen molar-refractivity contribution in [2.45, 2.75) is 13.5 Å². The smallest absolute Gasteiger partial charge is 0.271 e. The number of hydrogen-bond acceptors (Lipinski definition) is 4. The minimum Gasteiger partial charge on any atom is -0.489 e. The Hall–Kier alpha value is -3.91. The highest BCUT2D eigenvalue weighted by Crippen LogP contribution is 2.14. The summed E-state index contributed by atoms with van der Waals surface area (Å²) >= 11 is 0. The minimum atomic E-state index is -0.239. The number of nitrogens with zero attached hydrogens (tertiary/aromatic N) is 2. The van der Waals surface area contributed by atoms with Gasteiger partial charge >= 0.3 is 0 Å². The number of amides is 1. The summed E-state index contributed by atoms with van der Waals surface area (Å²) in [5, 5.41) is 12.8. The molecule has 28 heavy (non-hydrogen) atoms. The Balaban J connectivity index is 1.52. The van der Waals surface area contributed by atoms with Gasteiger partial charge in [-0.05, 0) is 66.1 Å². The van der Waals surface area contributed by atoms with Crippen LogP contribution in [0.5, 0.6) is 5.75 Å². The number of carbonyl (C=O) groups is 1. The number of nitriles is 1. The molecule has 0 aromatic heterocycles. The zero-order chi connectivity index (χ0) is 19.8. The third-order valence-electron chi connectivity index (χ3n) is 4.14. The van der Waals surface area contributed by atoms with Gasteiger partial charge < -0.3 is 4.74 Å². The van der Waals surface area contributed by atoms with E-state index in [0.29, 0.717) is 17.7 Å². The first kappa shape index (κ1) is 18.9. The Morgan fingerprint density at radius 3 is 2.46 bits per heavy atom. The third-order valence-corrected chi connectivity index (χ3v) is 4.14. The zero-order valence-electron chi connectivity index (χ0n) is 15.4. The van der Waals surface area contributed by atoms with E-state index in [2.05, 4.69) is 16.6 Å². The molecule has 3 aromatic carbocycles. The van der Waals surface area contributed by atoms with Gasteiger partial charge in [0.2, 0.25) is 0 Å². The van der Waals surface area contributed by atoms with Gasteiger partial charge in [-0.15, -0.1) is 0 Å². The molecule has 138 valence electrons. The quantitative estimate of drug-likeness (QED) is 0.522. The summed E-state index contributed by atoms with van der Waals surface area (Å²) in [6, 6.07) is 24.1. The van der Waals surface area contributed by atoms with Crippen molar-refractivity contribution in [2.24, 2.45) is 5.10 Å². The van der Waals surface area contributed by atoms with E-state index >= 15 is 0 Å². The zero-order valence-corrected chi connectivity index (χ0v) is 15.4. The lowest BCUT2D eigenvalue weighted by molar-refractivity contribution is 0.0954. The highest BCUT2D eigenvalue weighted by atomic mass is 16.5. The van der Waals surface area contributed by atoms with Crippen LogP contribution in [0.1, 0.15) is 32.6 Å². The van der Waals surface area contributed by atoms with Crippen molar-refractivity contribution in [1.82, 2.24) is 5.43 Å². The van der Waals surface area contributed by atoms with E-state index in [1.54, 1.807) is 24.4 Å². The molecule has 0 fully saturated rings. The molecule has 1 amide bonds. The SMILES string of the molecule is Cc1ccccc1C(=O)N/N=C/c1ccc(OCc2ccc(C#N)cc2)cc1. The topological polar surface area (TPSA) is 74.5 Å². The van der Waals surface area contributed by atoms with Gasteiger partial charge in [-0.1, -0.05) is 30.3 Å². The summed E-state index contributed by atoms with van der Waals surface area (Å²) in [4.78, 5) is 12.1. The number of benzene rings is 3. The molecule has 0 spiro atoms. The Morgan fingerprint density at radius 2 is 1.79 bits per heavy atom. The fraction of sp³-hybridized carbons (Fsp3) is 0.0870. The summed E-state index contributed by atoms with van der Waals surface area (Å²) in [6.07, 6.45) is 1.58. The molecular weight excluding hydrogens is 350 g/mol. The molecule has 0 bridgehead atoms. The van der Waals surface area contributed by atoms with E-state index in [1.807, 2.05) is 61.5 Å². The van der Waals surface area contributed by atoms with Crippen LogP contribution < -0.4 is 10.2 Å². The Kier molecular flexibility index (Phi) is 6.17. The molecule has 0 aliphatic carbocycles. The number of aryl methyl sites for hydroxylation is 1. The van der Waals surface area contributed by atoms with Crippen molar-refractivity contribution >= 4 is 12.1 Å². The number of hydrazone groups is 1. The van der Waals surface area contributed by atoms with Gasteiger partial charge in [0.05, 0.1) is 17.8 Å². The molecule has 0 atom stereocenters. The maximum absolute atomic E-state index is 12.1. The predicted octanol–water partition coefficient (Wildman–Crippen LogP) is 4.21. The molecule has 0 saturated heterocycles. The highest BCUT2D eigenvalue weighted by Gasteiger charge is 2.06. The van der Waals surface area contributed by atoms with Crippen LogP contribution >= 0.6 is 0 Å². The van der Waals surface area contributed by atoms with Crippen molar-refractivity contribution in [3.8, 4) is 11.8 Å². The van der Waals surface area contributed by atoms with Gasteiger partial charge in [-0.3, -0.25) is 4.79 Å². The van der Waals surface area contributed by atoms with Crippen LogP contribution in [0.4, 0.5) is 0 Å². The lowest BCUT2D eigenvalue weighted by Crippen LogP contribution is -2.18. The van der Waals surface area contributed by atoms with E-state index in [1.165, 1.54) is 0 Å². The lowest BCUT2D eigenvalue weighted by atomic mass is 10.1. The van der Waals surface area contributed by atoms with Crippen LogP contribution in [0.2, 0.25) is 0 Å². The number of ether oxygens (including phenoxy) is 1. The van der Waals surface area contributed by atoms with Gasteiger partial charge in [-0.25, -0.2) is 5.43 Å². The number of nitrogens with one attached hydrogen (secondary N) is 1. The van der Waals surface area contributed by atoms with E-state index in [9.17, 15) is 4.79 Å². The molecule has 0 aliphatic heterocycles. The maximum Gasteiger partial charge on any atom is 0.271 e. The van der Waals surface area contributed by atoms with Gasteiger partial charge in [0.1, 0.15) is 12.4 Å². The molecule has 1 N–H and O–H groups in total. The average molecular weight is 369 g/mol. The molecule has 3 aromatic rings. The monoisotopic (exact) mass is 369 g/mol. The third kappa shape index (κ3) is 5.05. The van der Waals surface area contributed by atoms with Crippen LogP contribution in [-0.4, -0.2) is 12.1 Å². The fourth-order valence-corrected chi connectivity index (χ4v) is 2.55. The van der Waals surface area contributed by atoms with Crippen molar-refractivity contribution < 1.29 is 9.53 Å². The number of carbonyl (C=O) groups excluding carboxylic acids is 1. The first-order valence-corrected chi connectivity index (χ1v) is 8.76. The molecule has 0 unspecified atom stereocenters. The van der Waals surface area contributed by atoms with Crippen molar-refractivity contribution in [1.29, 1.82) is 5.26 Å². The predicted molar refractivity (Wildman–Crippen MR) is 108 cm³/mol. The highest BCUT2D eigenvalue weighted by molar-refractivity contribution is 5.96. The van der Waals surface area contributed by atoms with Crippen LogP contribution in [0.25, 0.3) is 0 Å². The van der Waals surface area contributed by atoms with Crippen LogP contribution in [-0.2, 0) is 6.61 Å². The van der Waals surface area contributed by atoms with E-state index in [-0.39, 0.29) is 5.91 Å². The van der Waals surface area contributed by atoms with Gasteiger partial charge in [-0.2, -0.15) is 10.4 Å². The van der Waals surface area contributed by atoms with Crippen LogP contribution in [0.3, 0.4) is 0 Å². The average Bonchev–Trinajstić information content (AvgIpc) is 2.74. The van der Waals surface area contributed by atoms with E-state index in [4.69, 9.17) is 10.00 Å². The summed E-state index contributed by atoms with van der Waals surface area (Å²) in [7, 11) is 0. The normalized spacial score (nSPS) is 10.4. The largest absolute Gasteiger partial charge is 0.489 e. The molecule has 0 heterocycles. The van der Waals surface area contributed by atoms with Crippen molar-refractivity contribution in [3.05, 3.63) is 101 Å². The molecule has 0 radical (unpaired) electrons. The van der Waals surface area contributed by atoms with Crippen LogP contribution in [0, 0.1) is 18.3 Å². The van der Waals surface area contributed by atoms with E-state index < -0.39 is 0 Å². The molecule has 0 aliphatic rings. The Bertz CT molecular complexity index is 1020. The second-order valence-electron chi connectivity index (χ2n) is 6.18. The molecule has 0 saturated carbocycles. The summed E-state index contributed by atoms with van der Waals surface area (Å²) in [6.45, 7) is 2.31. The first-order chi connectivity index (χ1) is 13.7. The van der Waals surface area contributed by atoms with Gasteiger partial charge in [0.25, 0.3) is 5.91 Å². The second kappa shape index (κ2) is 9.15. The molecular formula is C23H19N3O2. The first-order valence-electron chi connectivity index (χ1n) is 8.76. The van der Waals surface area contributed by atoms with Crippen molar-refractivity contribution in [2.75, 3.05) is 0 Å².